The number of ether oxygens (including phenoxy) is 1. The van der Waals surface area contributed by atoms with Gasteiger partial charge in [0, 0.05) is 15.9 Å². The second-order valence-electron chi connectivity index (χ2n) is 3.14. The van der Waals surface area contributed by atoms with Crippen molar-refractivity contribution in [2.45, 2.75) is 12.5 Å². The third-order valence-corrected chi connectivity index (χ3v) is 3.09. The second kappa shape index (κ2) is 3.84. The van der Waals surface area contributed by atoms with E-state index in [0.29, 0.717) is 17.0 Å². The van der Waals surface area contributed by atoms with E-state index in [1.165, 1.54) is 0 Å². The zero-order chi connectivity index (χ0) is 11.0. The normalized spacial score (nSPS) is 19.0. The molecule has 1 atom stereocenters. The summed E-state index contributed by atoms with van der Waals surface area (Å²) in [6, 6.07) is 5.18. The van der Waals surface area contributed by atoms with Crippen LogP contribution < -0.4 is 0 Å². The summed E-state index contributed by atoms with van der Waals surface area (Å²) in [7, 11) is 0. The van der Waals surface area contributed by atoms with E-state index in [9.17, 15) is 4.79 Å². The van der Waals surface area contributed by atoms with E-state index in [0.717, 1.165) is 10.0 Å². The predicted molar refractivity (Wildman–Crippen MR) is 57.7 cm³/mol. The average molecular weight is 287 g/mol. The standard InChI is InChI=1S/C10H5BrClNO2/c11-9-2-5(12)1-8-7(9)3-6(4-13)15-10(8)14/h1-2,6H,3H2. The van der Waals surface area contributed by atoms with Gasteiger partial charge in [-0.3, -0.25) is 0 Å². The number of nitriles is 1. The highest BCUT2D eigenvalue weighted by molar-refractivity contribution is 9.10. The lowest BCUT2D eigenvalue weighted by Gasteiger charge is -2.21. The van der Waals surface area contributed by atoms with Gasteiger partial charge >= 0.3 is 5.97 Å². The molecule has 3 nitrogen and oxygen atoms in total. The Morgan fingerprint density at radius 1 is 1.60 bits per heavy atom. The maximum atomic E-state index is 11.5. The lowest BCUT2D eigenvalue weighted by Crippen LogP contribution is -2.26. The van der Waals surface area contributed by atoms with Crippen molar-refractivity contribution in [1.29, 1.82) is 5.26 Å². The molecule has 1 unspecified atom stereocenters. The maximum absolute atomic E-state index is 11.5. The third-order valence-electron chi connectivity index (χ3n) is 2.16. The highest BCUT2D eigenvalue weighted by atomic mass is 79.9. The highest BCUT2D eigenvalue weighted by Crippen LogP contribution is 2.30. The summed E-state index contributed by atoms with van der Waals surface area (Å²) >= 11 is 9.13. The van der Waals surface area contributed by atoms with Gasteiger partial charge in [-0.05, 0) is 17.7 Å². The summed E-state index contributed by atoms with van der Waals surface area (Å²) in [6.07, 6.45) is -0.308. The monoisotopic (exact) mass is 285 g/mol. The fraction of sp³-hybridized carbons (Fsp3) is 0.200. The van der Waals surface area contributed by atoms with Gasteiger partial charge in [-0.25, -0.2) is 4.79 Å². The molecule has 1 aromatic carbocycles. The molecule has 0 aliphatic carbocycles. The van der Waals surface area contributed by atoms with E-state index >= 15 is 0 Å². The molecule has 0 N–H and O–H groups in total. The van der Waals surface area contributed by atoms with Crippen LogP contribution in [0, 0.1) is 11.3 Å². The van der Waals surface area contributed by atoms with Crippen LogP contribution in [0.3, 0.4) is 0 Å². The summed E-state index contributed by atoms with van der Waals surface area (Å²) in [5.41, 5.74) is 1.21. The van der Waals surface area contributed by atoms with Crippen LogP contribution in [-0.2, 0) is 11.2 Å². The molecule has 1 aromatic rings. The van der Waals surface area contributed by atoms with Crippen LogP contribution in [0.25, 0.3) is 0 Å². The number of carbonyl (C=O) groups excluding carboxylic acids is 1. The molecule has 0 saturated heterocycles. The largest absolute Gasteiger partial charge is 0.443 e. The molecule has 0 spiro atoms. The summed E-state index contributed by atoms with van der Waals surface area (Å²) in [5.74, 6) is -0.494. The number of nitrogens with zero attached hydrogens (tertiary/aromatic N) is 1. The van der Waals surface area contributed by atoms with Gasteiger partial charge in [0.15, 0.2) is 6.10 Å². The lowest BCUT2D eigenvalue weighted by atomic mass is 9.99. The zero-order valence-electron chi connectivity index (χ0n) is 7.46. The first kappa shape index (κ1) is 10.5. The summed E-state index contributed by atoms with van der Waals surface area (Å²) < 4.78 is 5.63. The quantitative estimate of drug-likeness (QED) is 0.689. The van der Waals surface area contributed by atoms with Gasteiger partial charge in [0.05, 0.1) is 5.56 Å². The Balaban J connectivity index is 2.56. The van der Waals surface area contributed by atoms with Crippen molar-refractivity contribution in [3.05, 3.63) is 32.8 Å². The first-order valence-electron chi connectivity index (χ1n) is 4.20. The predicted octanol–water partition coefficient (Wildman–Crippen LogP) is 2.71. The summed E-state index contributed by atoms with van der Waals surface area (Å²) in [5, 5.41) is 9.18. The number of benzene rings is 1. The molecular formula is C10H5BrClNO2. The molecule has 76 valence electrons. The second-order valence-corrected chi connectivity index (χ2v) is 4.43. The van der Waals surface area contributed by atoms with Crippen molar-refractivity contribution >= 4 is 33.5 Å². The number of hydrogen-bond acceptors (Lipinski definition) is 3. The molecule has 0 fully saturated rings. The van der Waals surface area contributed by atoms with Crippen molar-refractivity contribution < 1.29 is 9.53 Å². The minimum atomic E-state index is -0.706. The Kier molecular flexibility index (Phi) is 2.68. The van der Waals surface area contributed by atoms with Crippen LogP contribution in [0.5, 0.6) is 0 Å². The Labute approximate surface area is 99.7 Å². The van der Waals surface area contributed by atoms with E-state index in [-0.39, 0.29) is 0 Å². The Bertz CT molecular complexity index is 481. The first-order valence-corrected chi connectivity index (χ1v) is 5.37. The Hall–Kier alpha value is -1.05. The van der Waals surface area contributed by atoms with Crippen LogP contribution in [-0.4, -0.2) is 12.1 Å². The van der Waals surface area contributed by atoms with Crippen molar-refractivity contribution in [3.8, 4) is 6.07 Å². The first-order chi connectivity index (χ1) is 7.11. The number of fused-ring (bicyclic) bond motifs is 1. The molecule has 1 aliphatic rings. The van der Waals surface area contributed by atoms with Gasteiger partial charge in [0.1, 0.15) is 6.07 Å². The van der Waals surface area contributed by atoms with Crippen molar-refractivity contribution in [3.63, 3.8) is 0 Å². The van der Waals surface area contributed by atoms with Gasteiger partial charge in [-0.2, -0.15) is 5.26 Å². The Morgan fingerprint density at radius 3 is 3.00 bits per heavy atom. The minimum absolute atomic E-state index is 0.398. The van der Waals surface area contributed by atoms with Crippen molar-refractivity contribution in [2.75, 3.05) is 0 Å². The van der Waals surface area contributed by atoms with Gasteiger partial charge < -0.3 is 4.74 Å². The van der Waals surface area contributed by atoms with Crippen LogP contribution in [0.1, 0.15) is 15.9 Å². The molecule has 1 heterocycles. The third kappa shape index (κ3) is 1.85. The molecular weight excluding hydrogens is 281 g/mol. The van der Waals surface area contributed by atoms with Gasteiger partial charge in [0.25, 0.3) is 0 Å². The van der Waals surface area contributed by atoms with Crippen molar-refractivity contribution in [1.82, 2.24) is 0 Å². The maximum Gasteiger partial charge on any atom is 0.339 e. The van der Waals surface area contributed by atoms with E-state index < -0.39 is 12.1 Å². The van der Waals surface area contributed by atoms with Gasteiger partial charge in [-0.1, -0.05) is 27.5 Å². The van der Waals surface area contributed by atoms with Crippen molar-refractivity contribution in [2.24, 2.45) is 0 Å². The molecule has 2 rings (SSSR count). The Morgan fingerprint density at radius 2 is 2.33 bits per heavy atom. The average Bonchev–Trinajstić information content (AvgIpc) is 2.19. The van der Waals surface area contributed by atoms with E-state index in [4.69, 9.17) is 21.6 Å². The number of carbonyl (C=O) groups is 1. The molecule has 15 heavy (non-hydrogen) atoms. The summed E-state index contributed by atoms with van der Waals surface area (Å²) in [6.45, 7) is 0. The van der Waals surface area contributed by atoms with Gasteiger partial charge in [-0.15, -0.1) is 0 Å². The SMILES string of the molecule is N#CC1Cc2c(Br)cc(Cl)cc2C(=O)O1. The van der Waals surface area contributed by atoms with E-state index in [1.807, 2.05) is 6.07 Å². The van der Waals surface area contributed by atoms with Crippen LogP contribution in [0.4, 0.5) is 0 Å². The number of hydrogen-bond donors (Lipinski definition) is 0. The fourth-order valence-electron chi connectivity index (χ4n) is 1.48. The van der Waals surface area contributed by atoms with Crippen LogP contribution in [0.2, 0.25) is 5.02 Å². The minimum Gasteiger partial charge on any atom is -0.443 e. The molecule has 0 aromatic heterocycles. The lowest BCUT2D eigenvalue weighted by molar-refractivity contribution is 0.0370. The smallest absolute Gasteiger partial charge is 0.339 e. The molecule has 0 radical (unpaired) electrons. The topological polar surface area (TPSA) is 50.1 Å². The molecule has 5 heteroatoms. The number of esters is 1. The fourth-order valence-corrected chi connectivity index (χ4v) is 2.46. The van der Waals surface area contributed by atoms with E-state index in [2.05, 4.69) is 15.9 Å². The number of halogens is 2. The highest BCUT2D eigenvalue weighted by Gasteiger charge is 2.28. The van der Waals surface area contributed by atoms with Gasteiger partial charge in [0.2, 0.25) is 0 Å². The number of cyclic esters (lactones) is 1. The molecule has 0 saturated carbocycles. The molecule has 0 bridgehead atoms. The summed E-state index contributed by atoms with van der Waals surface area (Å²) in [4.78, 5) is 11.5. The zero-order valence-corrected chi connectivity index (χ0v) is 9.80. The van der Waals surface area contributed by atoms with Crippen LogP contribution in [0.15, 0.2) is 16.6 Å². The molecule has 1 aliphatic heterocycles. The molecule has 0 amide bonds. The van der Waals surface area contributed by atoms with E-state index in [1.54, 1.807) is 12.1 Å². The van der Waals surface area contributed by atoms with Crippen LogP contribution >= 0.6 is 27.5 Å². The number of rotatable bonds is 0.